The highest BCUT2D eigenvalue weighted by molar-refractivity contribution is 6.37. The Morgan fingerprint density at radius 2 is 1.49 bits per heavy atom. The van der Waals surface area contributed by atoms with Crippen molar-refractivity contribution in [3.8, 4) is 0 Å². The Balaban J connectivity index is 1.33. The number of nitrogens with two attached hydrogens (primary N) is 1. The topological polar surface area (TPSA) is 122 Å². The number of hydrogen-bond donors (Lipinski definition) is 3. The van der Waals surface area contributed by atoms with Crippen LogP contribution in [0.4, 0.5) is 0 Å². The first-order chi connectivity index (χ1) is 18.7. The fourth-order valence-corrected chi connectivity index (χ4v) is 8.32. The van der Waals surface area contributed by atoms with Gasteiger partial charge in [0, 0.05) is 6.54 Å². The van der Waals surface area contributed by atoms with E-state index in [0.29, 0.717) is 30.7 Å². The average molecular weight is 543 g/mol. The molecule has 218 valence electrons. The molecule has 8 nitrogen and oxygen atoms in total. The lowest BCUT2D eigenvalue weighted by Crippen LogP contribution is -2.59. The summed E-state index contributed by atoms with van der Waals surface area (Å²) in [5.41, 5.74) is 5.34. The van der Waals surface area contributed by atoms with Gasteiger partial charge in [-0.2, -0.15) is 0 Å². The zero-order chi connectivity index (χ0) is 27.7. The first-order valence-electron chi connectivity index (χ1n) is 15.9. The number of fused-ring (bicyclic) bond motifs is 1. The second-order valence-corrected chi connectivity index (χ2v) is 14.0. The summed E-state index contributed by atoms with van der Waals surface area (Å²) < 4.78 is 0. The minimum Gasteiger partial charge on any atom is -0.363 e. The van der Waals surface area contributed by atoms with Gasteiger partial charge in [-0.1, -0.05) is 71.6 Å². The average Bonchev–Trinajstić information content (AvgIpc) is 3.23. The summed E-state index contributed by atoms with van der Waals surface area (Å²) in [4.78, 5) is 54.5. The number of carbonyl (C=O) groups excluding carboxylic acids is 4. The maximum Gasteiger partial charge on any atom is 0.287 e. The van der Waals surface area contributed by atoms with Gasteiger partial charge >= 0.3 is 0 Å². The normalized spacial score (nSPS) is 30.6. The van der Waals surface area contributed by atoms with Crippen molar-refractivity contribution in [2.75, 3.05) is 13.1 Å². The van der Waals surface area contributed by atoms with Gasteiger partial charge in [-0.15, -0.1) is 0 Å². The van der Waals surface area contributed by atoms with E-state index in [2.05, 4.69) is 24.5 Å². The number of ketones is 1. The molecule has 5 rings (SSSR count). The van der Waals surface area contributed by atoms with Crippen molar-refractivity contribution in [1.82, 2.24) is 15.5 Å². The molecule has 1 aliphatic heterocycles. The number of amides is 3. The minimum absolute atomic E-state index is 0.0220. The molecule has 39 heavy (non-hydrogen) atoms. The van der Waals surface area contributed by atoms with E-state index in [1.165, 1.54) is 38.5 Å². The molecule has 3 unspecified atom stereocenters. The van der Waals surface area contributed by atoms with E-state index in [1.807, 2.05) is 4.90 Å². The lowest BCUT2D eigenvalue weighted by atomic mass is 9.80. The Morgan fingerprint density at radius 1 is 0.872 bits per heavy atom. The van der Waals surface area contributed by atoms with Gasteiger partial charge in [-0.05, 0) is 73.7 Å². The molecule has 4 saturated carbocycles. The van der Waals surface area contributed by atoms with Crippen LogP contribution in [-0.4, -0.2) is 59.6 Å². The van der Waals surface area contributed by atoms with Crippen molar-refractivity contribution in [3.63, 3.8) is 0 Å². The molecule has 0 spiro atoms. The summed E-state index contributed by atoms with van der Waals surface area (Å²) in [5.74, 6) is -0.391. The standard InChI is InChI=1S/C31H50N4O4/c1-31(2)22-18-35(26(24(22)31)29(38)34-23(27(36)28(32)37)16-19-12-9-13-19)30(39)25(21-14-7-4-8-15-21)33-17-20-10-5-3-6-11-20/h19-26,33H,3-18H2,1-2H3,(H2,32,37)(H,34,38)/t22-,23?,24?,25+,26?/m1/s1. The van der Waals surface area contributed by atoms with Crippen LogP contribution >= 0.6 is 0 Å². The fraction of sp³-hybridized carbons (Fsp3) is 0.871. The van der Waals surface area contributed by atoms with Crippen molar-refractivity contribution in [2.45, 2.75) is 122 Å². The number of rotatable bonds is 11. The molecular weight excluding hydrogens is 492 g/mol. The third-order valence-corrected chi connectivity index (χ3v) is 11.2. The van der Waals surface area contributed by atoms with Crippen LogP contribution in [0.5, 0.6) is 0 Å². The van der Waals surface area contributed by atoms with Crippen molar-refractivity contribution < 1.29 is 19.2 Å². The Bertz CT molecular complexity index is 935. The number of hydrogen-bond acceptors (Lipinski definition) is 5. The molecule has 0 bridgehead atoms. The third-order valence-electron chi connectivity index (χ3n) is 11.2. The molecule has 3 amide bonds. The van der Waals surface area contributed by atoms with E-state index in [9.17, 15) is 19.2 Å². The molecule has 4 aliphatic carbocycles. The molecule has 1 saturated heterocycles. The van der Waals surface area contributed by atoms with Crippen LogP contribution < -0.4 is 16.4 Å². The Labute approximate surface area is 234 Å². The largest absolute Gasteiger partial charge is 0.363 e. The summed E-state index contributed by atoms with van der Waals surface area (Å²) in [5, 5.41) is 6.64. The quantitative estimate of drug-likeness (QED) is 0.346. The second-order valence-electron chi connectivity index (χ2n) is 14.0. The minimum atomic E-state index is -1.01. The van der Waals surface area contributed by atoms with Crippen LogP contribution in [0.25, 0.3) is 0 Å². The van der Waals surface area contributed by atoms with Crippen molar-refractivity contribution >= 4 is 23.5 Å². The Hall–Kier alpha value is -1.96. The number of likely N-dealkylation sites (tertiary alicyclic amines) is 1. The number of Topliss-reactive ketones (excluding diaryl/α,β-unsaturated/α-hetero) is 1. The number of nitrogens with one attached hydrogen (secondary N) is 2. The number of piperidine rings is 1. The zero-order valence-corrected chi connectivity index (χ0v) is 24.1. The second kappa shape index (κ2) is 11.9. The van der Waals surface area contributed by atoms with E-state index >= 15 is 0 Å². The summed E-state index contributed by atoms with van der Waals surface area (Å²) in [6, 6.07) is -1.78. The first-order valence-corrected chi connectivity index (χ1v) is 15.9. The van der Waals surface area contributed by atoms with Gasteiger partial charge in [-0.25, -0.2) is 0 Å². The predicted octanol–water partition coefficient (Wildman–Crippen LogP) is 3.32. The van der Waals surface area contributed by atoms with E-state index in [-0.39, 0.29) is 35.1 Å². The van der Waals surface area contributed by atoms with Crippen LogP contribution in [0.15, 0.2) is 0 Å². The molecule has 0 aromatic rings. The van der Waals surface area contributed by atoms with E-state index < -0.39 is 23.8 Å². The Morgan fingerprint density at radius 3 is 2.08 bits per heavy atom. The van der Waals surface area contributed by atoms with Crippen molar-refractivity contribution in [1.29, 1.82) is 0 Å². The van der Waals surface area contributed by atoms with E-state index in [4.69, 9.17) is 5.73 Å². The first kappa shape index (κ1) is 28.6. The Kier molecular flexibility index (Phi) is 8.70. The summed E-state index contributed by atoms with van der Waals surface area (Å²) in [6.45, 7) is 5.79. The van der Waals surface area contributed by atoms with Gasteiger partial charge in [0.2, 0.25) is 17.6 Å². The lowest BCUT2D eigenvalue weighted by Gasteiger charge is -2.38. The predicted molar refractivity (Wildman–Crippen MR) is 149 cm³/mol. The highest BCUT2D eigenvalue weighted by atomic mass is 16.2. The van der Waals surface area contributed by atoms with Crippen LogP contribution in [0.1, 0.15) is 104 Å². The van der Waals surface area contributed by atoms with Gasteiger partial charge in [0.05, 0.1) is 12.1 Å². The highest BCUT2D eigenvalue weighted by Crippen LogP contribution is 2.65. The number of primary amides is 1. The molecule has 5 fully saturated rings. The van der Waals surface area contributed by atoms with Gasteiger partial charge in [-0.3, -0.25) is 19.2 Å². The highest BCUT2D eigenvalue weighted by Gasteiger charge is 2.69. The summed E-state index contributed by atoms with van der Waals surface area (Å²) in [6.07, 6.45) is 15.5. The van der Waals surface area contributed by atoms with Gasteiger partial charge < -0.3 is 21.3 Å². The zero-order valence-electron chi connectivity index (χ0n) is 24.1. The smallest absolute Gasteiger partial charge is 0.287 e. The molecule has 0 radical (unpaired) electrons. The van der Waals surface area contributed by atoms with E-state index in [1.54, 1.807) is 0 Å². The molecule has 5 aliphatic rings. The molecular formula is C31H50N4O4. The number of nitrogens with zero attached hydrogens (tertiary/aromatic N) is 1. The van der Waals surface area contributed by atoms with Crippen LogP contribution in [0.2, 0.25) is 0 Å². The van der Waals surface area contributed by atoms with E-state index in [0.717, 1.165) is 51.5 Å². The SMILES string of the molecule is CC1(C)C2C(C(=O)NC(CC3CCC3)C(=O)C(N)=O)N(C(=O)[C@@H](NCC3CCCCC3)C3CCCCC3)C[C@H]21. The molecule has 5 atom stereocenters. The molecule has 0 aromatic carbocycles. The maximum absolute atomic E-state index is 14.3. The molecule has 8 heteroatoms. The van der Waals surface area contributed by atoms with Crippen molar-refractivity contribution in [3.05, 3.63) is 0 Å². The van der Waals surface area contributed by atoms with Crippen LogP contribution in [-0.2, 0) is 19.2 Å². The van der Waals surface area contributed by atoms with Crippen molar-refractivity contribution in [2.24, 2.45) is 40.7 Å². The van der Waals surface area contributed by atoms with Crippen LogP contribution in [0.3, 0.4) is 0 Å². The van der Waals surface area contributed by atoms with Gasteiger partial charge in [0.25, 0.3) is 5.91 Å². The molecule has 1 heterocycles. The lowest BCUT2D eigenvalue weighted by molar-refractivity contribution is -0.145. The van der Waals surface area contributed by atoms with Crippen LogP contribution in [0, 0.1) is 35.0 Å². The molecule has 0 aromatic heterocycles. The maximum atomic E-state index is 14.3. The monoisotopic (exact) mass is 542 g/mol. The summed E-state index contributed by atoms with van der Waals surface area (Å²) >= 11 is 0. The van der Waals surface area contributed by atoms with Gasteiger partial charge in [0.15, 0.2) is 0 Å². The van der Waals surface area contributed by atoms with Gasteiger partial charge in [0.1, 0.15) is 6.04 Å². The third kappa shape index (κ3) is 6.06. The fourth-order valence-electron chi connectivity index (χ4n) is 8.32. The summed E-state index contributed by atoms with van der Waals surface area (Å²) in [7, 11) is 0. The molecule has 4 N–H and O–H groups in total. The number of carbonyl (C=O) groups is 4.